The van der Waals surface area contributed by atoms with Gasteiger partial charge in [0.15, 0.2) is 17.3 Å². The standard InChI is InChI=1S/C21H26FN9O3S/c1-32-18-16(19(33-2)26-12-25-18)31-17(15-6-4-8-34-15)27-28-21(31)29-35-14-5-3-7-30(11-14)20-23-9-13(22)10-24-20/h9-10,12,14-15H,3-8,11H2,1-2H3,(H,28,29). The molecule has 0 aromatic carbocycles. The Labute approximate surface area is 205 Å². The fraction of sp³-hybridized carbons (Fsp3) is 0.524. The first kappa shape index (κ1) is 23.5. The van der Waals surface area contributed by atoms with Crippen molar-refractivity contribution in [3.05, 3.63) is 30.4 Å². The maximum Gasteiger partial charge on any atom is 0.245 e. The Bertz CT molecular complexity index is 1120. The summed E-state index contributed by atoms with van der Waals surface area (Å²) in [6.07, 6.45) is 7.28. The van der Waals surface area contributed by atoms with E-state index in [9.17, 15) is 4.39 Å². The minimum atomic E-state index is -0.449. The van der Waals surface area contributed by atoms with Gasteiger partial charge in [-0.2, -0.15) is 9.97 Å². The van der Waals surface area contributed by atoms with Crippen molar-refractivity contribution in [1.29, 1.82) is 0 Å². The second-order valence-corrected chi connectivity index (χ2v) is 9.20. The summed E-state index contributed by atoms with van der Waals surface area (Å²) in [4.78, 5) is 18.8. The van der Waals surface area contributed by atoms with Gasteiger partial charge in [-0.25, -0.2) is 14.4 Å². The number of methoxy groups -OCH3 is 2. The number of anilines is 2. The van der Waals surface area contributed by atoms with Crippen LogP contribution in [0.15, 0.2) is 18.7 Å². The van der Waals surface area contributed by atoms with Gasteiger partial charge >= 0.3 is 0 Å². The molecular weight excluding hydrogens is 477 g/mol. The van der Waals surface area contributed by atoms with E-state index in [1.54, 1.807) is 0 Å². The highest BCUT2D eigenvalue weighted by molar-refractivity contribution is 8.01. The van der Waals surface area contributed by atoms with E-state index in [-0.39, 0.29) is 11.4 Å². The second-order valence-electron chi connectivity index (χ2n) is 8.09. The van der Waals surface area contributed by atoms with E-state index >= 15 is 0 Å². The van der Waals surface area contributed by atoms with Crippen LogP contribution in [0.3, 0.4) is 0 Å². The van der Waals surface area contributed by atoms with Crippen molar-refractivity contribution >= 4 is 23.8 Å². The van der Waals surface area contributed by atoms with E-state index in [1.807, 2.05) is 4.57 Å². The minimum absolute atomic E-state index is 0.210. The van der Waals surface area contributed by atoms with E-state index in [1.165, 1.54) is 44.9 Å². The second kappa shape index (κ2) is 10.6. The van der Waals surface area contributed by atoms with Crippen LogP contribution in [0.2, 0.25) is 0 Å². The summed E-state index contributed by atoms with van der Waals surface area (Å²) in [5.41, 5.74) is 0.501. The zero-order chi connectivity index (χ0) is 24.2. The molecule has 0 saturated carbocycles. The number of aromatic nitrogens is 7. The Hall–Kier alpha value is -3.26. The number of rotatable bonds is 8. The van der Waals surface area contributed by atoms with Crippen molar-refractivity contribution in [3.8, 4) is 17.4 Å². The molecule has 0 aliphatic carbocycles. The van der Waals surface area contributed by atoms with E-state index in [4.69, 9.17) is 14.2 Å². The average molecular weight is 504 g/mol. The molecule has 0 amide bonds. The molecule has 5 rings (SSSR count). The zero-order valence-corrected chi connectivity index (χ0v) is 20.2. The van der Waals surface area contributed by atoms with Gasteiger partial charge in [0, 0.05) is 24.9 Å². The number of nitrogens with one attached hydrogen (secondary N) is 1. The summed E-state index contributed by atoms with van der Waals surface area (Å²) in [6, 6.07) is 0. The van der Waals surface area contributed by atoms with E-state index in [2.05, 4.69) is 39.8 Å². The smallest absolute Gasteiger partial charge is 0.245 e. The summed E-state index contributed by atoms with van der Waals surface area (Å²) in [5.74, 6) is 1.86. The topological polar surface area (TPSA) is 125 Å². The molecule has 14 heteroatoms. The molecule has 0 radical (unpaired) electrons. The predicted molar refractivity (Wildman–Crippen MR) is 126 cm³/mol. The summed E-state index contributed by atoms with van der Waals surface area (Å²) in [6.45, 7) is 2.19. The summed E-state index contributed by atoms with van der Waals surface area (Å²) < 4.78 is 35.3. The van der Waals surface area contributed by atoms with Crippen LogP contribution in [0.4, 0.5) is 16.3 Å². The van der Waals surface area contributed by atoms with Crippen LogP contribution in [-0.2, 0) is 4.74 Å². The maximum atomic E-state index is 13.2. The maximum absolute atomic E-state index is 13.2. The van der Waals surface area contributed by atoms with Gasteiger partial charge in [0.05, 0.1) is 26.6 Å². The van der Waals surface area contributed by atoms with E-state index in [0.717, 1.165) is 32.2 Å². The van der Waals surface area contributed by atoms with Crippen LogP contribution in [0.5, 0.6) is 11.8 Å². The molecule has 2 aliphatic heterocycles. The number of halogens is 1. The lowest BCUT2D eigenvalue weighted by Gasteiger charge is -2.32. The highest BCUT2D eigenvalue weighted by Crippen LogP contribution is 2.37. The monoisotopic (exact) mass is 503 g/mol. The molecule has 35 heavy (non-hydrogen) atoms. The van der Waals surface area contributed by atoms with Gasteiger partial charge < -0.3 is 19.1 Å². The van der Waals surface area contributed by atoms with Crippen molar-refractivity contribution in [1.82, 2.24) is 34.7 Å². The van der Waals surface area contributed by atoms with Crippen LogP contribution in [0.25, 0.3) is 5.69 Å². The van der Waals surface area contributed by atoms with Gasteiger partial charge in [-0.1, -0.05) is 0 Å². The number of piperidine rings is 1. The third kappa shape index (κ3) is 4.93. The molecule has 3 aromatic rings. The highest BCUT2D eigenvalue weighted by atomic mass is 32.2. The van der Waals surface area contributed by atoms with Gasteiger partial charge in [0.2, 0.25) is 23.7 Å². The SMILES string of the molecule is COc1ncnc(OC)c1-n1c(NSC2CCCN(c3ncc(F)cn3)C2)nnc1C1CCCO1. The summed E-state index contributed by atoms with van der Waals surface area (Å²) >= 11 is 1.54. The first-order valence-corrected chi connectivity index (χ1v) is 12.2. The molecule has 0 bridgehead atoms. The molecule has 0 spiro atoms. The van der Waals surface area contributed by atoms with Crippen LogP contribution >= 0.6 is 11.9 Å². The highest BCUT2D eigenvalue weighted by Gasteiger charge is 2.31. The normalized spacial score (nSPS) is 20.1. The van der Waals surface area contributed by atoms with Crippen molar-refractivity contribution in [3.63, 3.8) is 0 Å². The third-order valence-electron chi connectivity index (χ3n) is 5.86. The quantitative estimate of drug-likeness (QED) is 0.454. The van der Waals surface area contributed by atoms with Crippen molar-refractivity contribution < 1.29 is 18.6 Å². The Morgan fingerprint density at radius 3 is 2.51 bits per heavy atom. The van der Waals surface area contributed by atoms with Crippen molar-refractivity contribution in [2.75, 3.05) is 43.5 Å². The summed E-state index contributed by atoms with van der Waals surface area (Å²) in [5, 5.41) is 9.07. The number of nitrogens with zero attached hydrogens (tertiary/aromatic N) is 8. The molecular formula is C21H26FN9O3S. The molecule has 2 fully saturated rings. The molecule has 12 nitrogen and oxygen atoms in total. The van der Waals surface area contributed by atoms with Crippen LogP contribution in [0, 0.1) is 5.82 Å². The molecule has 186 valence electrons. The van der Waals surface area contributed by atoms with Crippen molar-refractivity contribution in [2.24, 2.45) is 0 Å². The van der Waals surface area contributed by atoms with E-state index < -0.39 is 5.82 Å². The van der Waals surface area contributed by atoms with Crippen molar-refractivity contribution in [2.45, 2.75) is 37.0 Å². The molecule has 1 N–H and O–H groups in total. The number of hydrogen-bond donors (Lipinski definition) is 1. The predicted octanol–water partition coefficient (Wildman–Crippen LogP) is 2.58. The van der Waals surface area contributed by atoms with Gasteiger partial charge in [-0.15, -0.1) is 10.2 Å². The lowest BCUT2D eigenvalue weighted by molar-refractivity contribution is 0.103. The Balaban J connectivity index is 1.40. The van der Waals surface area contributed by atoms with Crippen LogP contribution in [-0.4, -0.2) is 73.9 Å². The molecule has 3 aromatic heterocycles. The molecule has 2 unspecified atom stereocenters. The zero-order valence-electron chi connectivity index (χ0n) is 19.4. The molecule has 2 atom stereocenters. The van der Waals surface area contributed by atoms with E-state index in [0.29, 0.717) is 48.3 Å². The largest absolute Gasteiger partial charge is 0.479 e. The third-order valence-corrected chi connectivity index (χ3v) is 6.87. The Morgan fingerprint density at radius 2 is 1.83 bits per heavy atom. The minimum Gasteiger partial charge on any atom is -0.479 e. The fourth-order valence-electron chi connectivity index (χ4n) is 4.23. The number of ether oxygens (including phenoxy) is 3. The first-order chi connectivity index (χ1) is 17.2. The lowest BCUT2D eigenvalue weighted by atomic mass is 10.1. The average Bonchev–Trinajstić information content (AvgIpc) is 3.57. The lowest BCUT2D eigenvalue weighted by Crippen LogP contribution is -2.38. The first-order valence-electron chi connectivity index (χ1n) is 11.3. The Kier molecular flexibility index (Phi) is 7.08. The van der Waals surface area contributed by atoms with Gasteiger partial charge in [0.1, 0.15) is 12.4 Å². The van der Waals surface area contributed by atoms with Gasteiger partial charge in [0.25, 0.3) is 0 Å². The Morgan fingerprint density at radius 1 is 1.06 bits per heavy atom. The molecule has 5 heterocycles. The van der Waals surface area contributed by atoms with Crippen LogP contribution in [0.1, 0.15) is 37.6 Å². The molecule has 2 saturated heterocycles. The number of hydrogen-bond acceptors (Lipinski definition) is 12. The van der Waals surface area contributed by atoms with Crippen LogP contribution < -0.4 is 19.1 Å². The summed E-state index contributed by atoms with van der Waals surface area (Å²) in [7, 11) is 3.08. The van der Waals surface area contributed by atoms with Gasteiger partial charge in [-0.3, -0.25) is 9.29 Å². The van der Waals surface area contributed by atoms with Gasteiger partial charge in [-0.05, 0) is 37.6 Å². The fourth-order valence-corrected chi connectivity index (χ4v) is 5.17. The molecule has 2 aliphatic rings.